The van der Waals surface area contributed by atoms with Gasteiger partial charge < -0.3 is 26.0 Å². The normalized spacial score (nSPS) is 16.9. The molecule has 0 spiro atoms. The number of hydrogen-bond donors (Lipinski definition) is 5. The van der Waals surface area contributed by atoms with Gasteiger partial charge in [0.15, 0.2) is 5.96 Å². The van der Waals surface area contributed by atoms with Gasteiger partial charge in [0, 0.05) is 32.2 Å². The summed E-state index contributed by atoms with van der Waals surface area (Å²) in [4.78, 5) is 40.9. The topological polar surface area (TPSA) is 186 Å². The number of piperidine rings is 1. The molecular weight excluding hydrogens is 536 g/mol. The second kappa shape index (κ2) is 12.6. The van der Waals surface area contributed by atoms with E-state index in [-0.39, 0.29) is 35.8 Å². The monoisotopic (exact) mass is 572 g/mol. The van der Waals surface area contributed by atoms with Crippen LogP contribution < -0.4 is 15.8 Å². The van der Waals surface area contributed by atoms with Gasteiger partial charge in [-0.15, -0.1) is 0 Å². The number of guanidine groups is 1. The van der Waals surface area contributed by atoms with Crippen molar-refractivity contribution < 1.29 is 27.9 Å². The van der Waals surface area contributed by atoms with Crippen molar-refractivity contribution in [2.24, 2.45) is 11.7 Å². The molecule has 0 radical (unpaired) electrons. The van der Waals surface area contributed by atoms with Gasteiger partial charge in [0.05, 0.1) is 17.7 Å². The van der Waals surface area contributed by atoms with Crippen LogP contribution in [0.1, 0.15) is 38.5 Å². The maximum atomic E-state index is 13.6. The quantitative estimate of drug-likeness (QED) is 0.185. The number of hydrogen-bond acceptors (Lipinski definition) is 6. The first-order valence-corrected chi connectivity index (χ1v) is 14.9. The molecule has 13 heteroatoms. The fraction of sp³-hybridized carbons (Fsp3) is 0.481. The number of aliphatic carboxylic acids is 1. The third kappa shape index (κ3) is 7.69. The molecule has 1 atom stereocenters. The van der Waals surface area contributed by atoms with Crippen LogP contribution in [0.15, 0.2) is 47.4 Å². The van der Waals surface area contributed by atoms with E-state index < -0.39 is 40.3 Å². The maximum Gasteiger partial charge on any atom is 0.305 e. The zero-order valence-corrected chi connectivity index (χ0v) is 23.0. The summed E-state index contributed by atoms with van der Waals surface area (Å²) in [7, 11) is -4.19. The lowest BCUT2D eigenvalue weighted by atomic mass is 9.97. The van der Waals surface area contributed by atoms with Gasteiger partial charge in [0.25, 0.3) is 0 Å². The molecule has 2 fully saturated rings. The molecule has 2 aromatic carbocycles. The Balaban J connectivity index is 1.48. The summed E-state index contributed by atoms with van der Waals surface area (Å²) in [6, 6.07) is 10.3. The highest BCUT2D eigenvalue weighted by atomic mass is 32.2. The van der Waals surface area contributed by atoms with Crippen LogP contribution in [-0.2, 0) is 24.4 Å². The van der Waals surface area contributed by atoms with Crippen LogP contribution in [0, 0.1) is 11.3 Å². The van der Waals surface area contributed by atoms with Crippen molar-refractivity contribution in [2.75, 3.05) is 26.2 Å². The van der Waals surface area contributed by atoms with Gasteiger partial charge in [-0.2, -0.15) is 4.72 Å². The second-order valence-corrected chi connectivity index (χ2v) is 12.1. The summed E-state index contributed by atoms with van der Waals surface area (Å²) in [6.45, 7) is 1.52. The Labute approximate surface area is 233 Å². The molecule has 216 valence electrons. The lowest BCUT2D eigenvalue weighted by Gasteiger charge is -2.32. The second-order valence-electron chi connectivity index (χ2n) is 10.4. The van der Waals surface area contributed by atoms with E-state index >= 15 is 0 Å². The van der Waals surface area contributed by atoms with Gasteiger partial charge in [0.2, 0.25) is 21.8 Å². The number of nitrogens with two attached hydrogens (primary N) is 1. The van der Waals surface area contributed by atoms with Crippen LogP contribution in [0.4, 0.5) is 0 Å². The van der Waals surface area contributed by atoms with Gasteiger partial charge in [-0.25, -0.2) is 8.42 Å². The third-order valence-corrected chi connectivity index (χ3v) is 8.87. The zero-order chi connectivity index (χ0) is 28.9. The van der Waals surface area contributed by atoms with E-state index in [2.05, 4.69) is 10.0 Å². The van der Waals surface area contributed by atoms with Crippen molar-refractivity contribution in [3.63, 3.8) is 0 Å². The molecule has 1 aliphatic carbocycles. The van der Waals surface area contributed by atoms with Crippen molar-refractivity contribution >= 4 is 44.5 Å². The van der Waals surface area contributed by atoms with Crippen LogP contribution in [0.25, 0.3) is 10.8 Å². The van der Waals surface area contributed by atoms with E-state index in [0.29, 0.717) is 37.9 Å². The first kappa shape index (κ1) is 29.3. The molecule has 0 bridgehead atoms. The number of likely N-dealkylation sites (tertiary alicyclic amines) is 1. The van der Waals surface area contributed by atoms with Crippen LogP contribution in [-0.4, -0.2) is 85.3 Å². The van der Waals surface area contributed by atoms with Gasteiger partial charge in [0.1, 0.15) is 6.04 Å². The molecule has 2 amide bonds. The molecule has 40 heavy (non-hydrogen) atoms. The zero-order valence-electron chi connectivity index (χ0n) is 22.2. The third-order valence-electron chi connectivity index (χ3n) is 7.40. The fourth-order valence-corrected chi connectivity index (χ4v) is 6.16. The molecule has 12 nitrogen and oxygen atoms in total. The average molecular weight is 573 g/mol. The predicted molar refractivity (Wildman–Crippen MR) is 149 cm³/mol. The van der Waals surface area contributed by atoms with Crippen molar-refractivity contribution in [3.05, 3.63) is 42.5 Å². The molecule has 2 aromatic rings. The Morgan fingerprint density at radius 1 is 1.07 bits per heavy atom. The lowest BCUT2D eigenvalue weighted by Crippen LogP contribution is -2.52. The van der Waals surface area contributed by atoms with Crippen molar-refractivity contribution in [3.8, 4) is 0 Å². The molecule has 1 saturated carbocycles. The Morgan fingerprint density at radius 3 is 2.38 bits per heavy atom. The number of sulfonamides is 1. The van der Waals surface area contributed by atoms with Crippen molar-refractivity contribution in [1.29, 1.82) is 5.41 Å². The molecule has 1 unspecified atom stereocenters. The molecule has 1 saturated heterocycles. The van der Waals surface area contributed by atoms with E-state index in [1.807, 2.05) is 12.1 Å². The number of nitrogens with one attached hydrogen (secondary N) is 3. The number of fused-ring (bicyclic) bond motifs is 1. The molecule has 2 aliphatic rings. The van der Waals surface area contributed by atoms with Gasteiger partial charge >= 0.3 is 5.97 Å². The number of carbonyl (C=O) groups is 3. The minimum absolute atomic E-state index is 0.0191. The minimum Gasteiger partial charge on any atom is -0.481 e. The van der Waals surface area contributed by atoms with E-state index in [1.165, 1.54) is 17.0 Å². The lowest BCUT2D eigenvalue weighted by molar-refractivity contribution is -0.140. The summed E-state index contributed by atoms with van der Waals surface area (Å²) < 4.78 is 29.2. The first-order valence-electron chi connectivity index (χ1n) is 13.4. The van der Waals surface area contributed by atoms with Crippen LogP contribution in [0.2, 0.25) is 0 Å². The molecule has 1 aliphatic heterocycles. The molecule has 6 N–H and O–H groups in total. The van der Waals surface area contributed by atoms with E-state index in [1.54, 1.807) is 23.1 Å². The fourth-order valence-electron chi connectivity index (χ4n) is 4.94. The first-order chi connectivity index (χ1) is 19.0. The number of carboxylic acids is 1. The number of carbonyl (C=O) groups excluding carboxylic acids is 2. The summed E-state index contributed by atoms with van der Waals surface area (Å²) in [5.41, 5.74) is 5.54. The smallest absolute Gasteiger partial charge is 0.305 e. The Morgan fingerprint density at radius 2 is 1.75 bits per heavy atom. The van der Waals surface area contributed by atoms with Crippen molar-refractivity contribution in [2.45, 2.75) is 55.5 Å². The van der Waals surface area contributed by atoms with E-state index in [0.717, 1.165) is 18.2 Å². The van der Waals surface area contributed by atoms with E-state index in [9.17, 15) is 22.8 Å². The van der Waals surface area contributed by atoms with Gasteiger partial charge in [-0.1, -0.05) is 30.3 Å². The Bertz CT molecular complexity index is 1370. The average Bonchev–Trinajstić information content (AvgIpc) is 3.76. The van der Waals surface area contributed by atoms with E-state index in [4.69, 9.17) is 16.2 Å². The molecule has 0 aromatic heterocycles. The summed E-state index contributed by atoms with van der Waals surface area (Å²) >= 11 is 0. The Hall–Kier alpha value is -3.71. The van der Waals surface area contributed by atoms with Crippen LogP contribution >= 0.6 is 0 Å². The van der Waals surface area contributed by atoms with Gasteiger partial charge in [-0.3, -0.25) is 19.8 Å². The highest BCUT2D eigenvalue weighted by molar-refractivity contribution is 7.89. The van der Waals surface area contributed by atoms with Crippen molar-refractivity contribution in [1.82, 2.24) is 19.8 Å². The summed E-state index contributed by atoms with van der Waals surface area (Å²) in [6.07, 6.45) is 2.16. The van der Waals surface area contributed by atoms with Crippen LogP contribution in [0.5, 0.6) is 0 Å². The Kier molecular flexibility index (Phi) is 9.25. The van der Waals surface area contributed by atoms with Gasteiger partial charge in [-0.05, 0) is 54.5 Å². The molecule has 1 heterocycles. The number of rotatable bonds is 12. The molecular formula is C27H36N6O6S. The minimum atomic E-state index is -4.19. The highest BCUT2D eigenvalue weighted by Crippen LogP contribution is 2.28. The summed E-state index contributed by atoms with van der Waals surface area (Å²) in [5, 5.41) is 21.1. The number of carboxylic acid groups (broad SMARTS) is 1. The van der Waals surface area contributed by atoms with Crippen LogP contribution in [0.3, 0.4) is 0 Å². The standard InChI is InChI=1S/C27H36N6O6S/c28-27(29)32-12-9-18(10-13-32)17-30-24(34)16-23(26(37)33(21-6-7-21)14-11-25(35)36)31-40(38,39)22-8-5-19-3-1-2-4-20(19)15-22/h1-5,8,15,18,21,23,31H,6-7,9-14,16-17H2,(H3,28,29)(H,30,34)(H,35,36). The maximum absolute atomic E-state index is 13.6. The number of nitrogens with zero attached hydrogens (tertiary/aromatic N) is 2. The number of amides is 2. The SMILES string of the molecule is N=C(N)N1CCC(CNC(=O)CC(NS(=O)(=O)c2ccc3ccccc3c2)C(=O)N(CCC(=O)O)C2CC2)CC1. The predicted octanol–water partition coefficient (Wildman–Crippen LogP) is 1.06. The highest BCUT2D eigenvalue weighted by Gasteiger charge is 2.38. The number of benzene rings is 2. The largest absolute Gasteiger partial charge is 0.481 e. The summed E-state index contributed by atoms with van der Waals surface area (Å²) in [5.74, 6) is -1.98. The molecule has 4 rings (SSSR count).